The lowest BCUT2D eigenvalue weighted by Gasteiger charge is -2.34. The van der Waals surface area contributed by atoms with Crippen LogP contribution in [0.2, 0.25) is 0 Å². The molecule has 0 spiro atoms. The third-order valence-corrected chi connectivity index (χ3v) is 3.16. The van der Waals surface area contributed by atoms with Gasteiger partial charge in [-0.1, -0.05) is 13.0 Å². The summed E-state index contributed by atoms with van der Waals surface area (Å²) in [6.07, 6.45) is 0.678. The van der Waals surface area contributed by atoms with E-state index in [1.807, 2.05) is 32.0 Å². The zero-order valence-corrected chi connectivity index (χ0v) is 11.6. The molecule has 0 radical (unpaired) electrons. The topological polar surface area (TPSA) is 44.8 Å². The van der Waals surface area contributed by atoms with Gasteiger partial charge in [-0.05, 0) is 31.0 Å². The zero-order chi connectivity index (χ0) is 13.8. The minimum Gasteiger partial charge on any atom is -0.493 e. The Morgan fingerprint density at radius 3 is 2.74 bits per heavy atom. The Hall–Kier alpha value is -1.55. The summed E-state index contributed by atoms with van der Waals surface area (Å²) in [5, 5.41) is 0. The summed E-state index contributed by atoms with van der Waals surface area (Å²) < 4.78 is 16.6. The van der Waals surface area contributed by atoms with Gasteiger partial charge in [0.2, 0.25) is 0 Å². The van der Waals surface area contributed by atoms with Gasteiger partial charge >= 0.3 is 0 Å². The van der Waals surface area contributed by atoms with Crippen molar-refractivity contribution in [2.45, 2.75) is 38.9 Å². The van der Waals surface area contributed by atoms with Crippen molar-refractivity contribution in [3.8, 4) is 11.5 Å². The molecule has 2 rings (SSSR count). The number of Topliss-reactive ketones (excluding diaryl/α,β-unsaturated/α-hetero) is 1. The van der Waals surface area contributed by atoms with Gasteiger partial charge < -0.3 is 14.2 Å². The van der Waals surface area contributed by atoms with Crippen LogP contribution in [0.1, 0.15) is 25.3 Å². The monoisotopic (exact) mass is 264 g/mol. The van der Waals surface area contributed by atoms with Gasteiger partial charge in [-0.2, -0.15) is 0 Å². The number of methoxy groups -OCH3 is 1. The normalized spacial score (nSPS) is 21.9. The lowest BCUT2D eigenvalue weighted by atomic mass is 9.90. The molecule has 2 atom stereocenters. The van der Waals surface area contributed by atoms with E-state index in [4.69, 9.17) is 14.2 Å². The minimum atomic E-state index is -0.425. The predicted molar refractivity (Wildman–Crippen MR) is 71.8 cm³/mol. The summed E-state index contributed by atoms with van der Waals surface area (Å²) >= 11 is 0. The van der Waals surface area contributed by atoms with Crippen molar-refractivity contribution in [1.29, 1.82) is 0 Å². The van der Waals surface area contributed by atoms with Gasteiger partial charge in [-0.15, -0.1) is 0 Å². The Bertz CT molecular complexity index is 455. The van der Waals surface area contributed by atoms with Crippen LogP contribution in [0.4, 0.5) is 0 Å². The summed E-state index contributed by atoms with van der Waals surface area (Å²) in [5.74, 6) is 1.47. The molecule has 0 amide bonds. The average Bonchev–Trinajstić information content (AvgIpc) is 2.40. The maximum Gasteiger partial charge on any atom is 0.169 e. The van der Waals surface area contributed by atoms with Gasteiger partial charge in [0.25, 0.3) is 0 Å². The molecule has 0 saturated heterocycles. The first-order chi connectivity index (χ1) is 9.15. The summed E-state index contributed by atoms with van der Waals surface area (Å²) in [4.78, 5) is 11.5. The fraction of sp³-hybridized carbons (Fsp3) is 0.533. The van der Waals surface area contributed by atoms with Crippen LogP contribution >= 0.6 is 0 Å². The molecule has 0 bridgehead atoms. The molecule has 4 nitrogen and oxygen atoms in total. The molecule has 1 saturated carbocycles. The summed E-state index contributed by atoms with van der Waals surface area (Å²) in [7, 11) is 1.61. The second kappa shape index (κ2) is 6.06. The van der Waals surface area contributed by atoms with Crippen molar-refractivity contribution in [2.24, 2.45) is 0 Å². The highest BCUT2D eigenvalue weighted by Gasteiger charge is 2.42. The van der Waals surface area contributed by atoms with E-state index >= 15 is 0 Å². The fourth-order valence-electron chi connectivity index (χ4n) is 2.05. The van der Waals surface area contributed by atoms with Crippen molar-refractivity contribution in [2.75, 3.05) is 13.7 Å². The van der Waals surface area contributed by atoms with Crippen molar-refractivity contribution in [3.05, 3.63) is 23.8 Å². The van der Waals surface area contributed by atoms with Crippen molar-refractivity contribution >= 4 is 5.78 Å². The van der Waals surface area contributed by atoms with E-state index < -0.39 is 6.10 Å². The Labute approximate surface area is 113 Å². The van der Waals surface area contributed by atoms with E-state index in [0.29, 0.717) is 24.5 Å². The first kappa shape index (κ1) is 13.9. The van der Waals surface area contributed by atoms with E-state index in [1.165, 1.54) is 0 Å². The average molecular weight is 264 g/mol. The number of benzene rings is 1. The lowest BCUT2D eigenvalue weighted by molar-refractivity contribution is -0.154. The van der Waals surface area contributed by atoms with Crippen molar-refractivity contribution in [1.82, 2.24) is 0 Å². The number of hydrogen-bond donors (Lipinski definition) is 0. The third-order valence-electron chi connectivity index (χ3n) is 3.16. The molecular weight excluding hydrogens is 244 g/mol. The number of carbonyl (C=O) groups is 1. The SMILES string of the molecule is CCCOC1C(=O)CC1Oc1ccc(C)cc1OC. The number of hydrogen-bond acceptors (Lipinski definition) is 4. The molecule has 19 heavy (non-hydrogen) atoms. The van der Waals surface area contributed by atoms with Crippen LogP contribution in [0.15, 0.2) is 18.2 Å². The van der Waals surface area contributed by atoms with Gasteiger partial charge in [0.15, 0.2) is 23.4 Å². The molecule has 1 aliphatic carbocycles. The Morgan fingerprint density at radius 1 is 1.32 bits per heavy atom. The van der Waals surface area contributed by atoms with Gasteiger partial charge in [0, 0.05) is 13.0 Å². The molecule has 1 fully saturated rings. The van der Waals surface area contributed by atoms with E-state index in [9.17, 15) is 4.79 Å². The van der Waals surface area contributed by atoms with Gasteiger partial charge in [-0.25, -0.2) is 0 Å². The number of carbonyl (C=O) groups excluding carboxylic acids is 1. The second-order valence-corrected chi connectivity index (χ2v) is 4.77. The van der Waals surface area contributed by atoms with Crippen LogP contribution in [0.3, 0.4) is 0 Å². The summed E-state index contributed by atoms with van der Waals surface area (Å²) in [6, 6.07) is 5.74. The molecule has 1 aromatic rings. The predicted octanol–water partition coefficient (Wildman–Crippen LogP) is 2.52. The summed E-state index contributed by atoms with van der Waals surface area (Å²) in [6.45, 7) is 4.59. The molecule has 1 aliphatic rings. The second-order valence-electron chi connectivity index (χ2n) is 4.77. The van der Waals surface area contributed by atoms with Crippen LogP contribution in [0.5, 0.6) is 11.5 Å². The molecule has 0 N–H and O–H groups in total. The van der Waals surface area contributed by atoms with E-state index in [2.05, 4.69) is 0 Å². The van der Waals surface area contributed by atoms with E-state index in [-0.39, 0.29) is 11.9 Å². The van der Waals surface area contributed by atoms with Crippen molar-refractivity contribution in [3.63, 3.8) is 0 Å². The third kappa shape index (κ3) is 3.07. The number of ether oxygens (including phenoxy) is 3. The molecule has 0 aromatic heterocycles. The largest absolute Gasteiger partial charge is 0.493 e. The maximum absolute atomic E-state index is 11.5. The fourth-order valence-corrected chi connectivity index (χ4v) is 2.05. The Balaban J connectivity index is 2.03. The number of ketones is 1. The molecule has 104 valence electrons. The van der Waals surface area contributed by atoms with Crippen LogP contribution in [0, 0.1) is 6.92 Å². The molecule has 4 heteroatoms. The molecule has 2 unspecified atom stereocenters. The highest BCUT2D eigenvalue weighted by Crippen LogP contribution is 2.33. The molecule has 1 aromatic carbocycles. The number of aryl methyl sites for hydroxylation is 1. The Kier molecular flexibility index (Phi) is 4.43. The smallest absolute Gasteiger partial charge is 0.169 e. The van der Waals surface area contributed by atoms with Crippen LogP contribution in [0.25, 0.3) is 0 Å². The van der Waals surface area contributed by atoms with E-state index in [0.717, 1.165) is 12.0 Å². The van der Waals surface area contributed by atoms with Crippen LogP contribution in [-0.4, -0.2) is 31.7 Å². The van der Waals surface area contributed by atoms with Crippen LogP contribution < -0.4 is 9.47 Å². The highest BCUT2D eigenvalue weighted by atomic mass is 16.6. The first-order valence-electron chi connectivity index (χ1n) is 6.61. The van der Waals surface area contributed by atoms with Gasteiger partial charge in [-0.3, -0.25) is 4.79 Å². The quantitative estimate of drug-likeness (QED) is 0.792. The molecular formula is C15H20O4. The number of rotatable bonds is 6. The first-order valence-corrected chi connectivity index (χ1v) is 6.61. The molecule has 0 heterocycles. The molecule has 0 aliphatic heterocycles. The van der Waals surface area contributed by atoms with Gasteiger partial charge in [0.1, 0.15) is 6.10 Å². The zero-order valence-electron chi connectivity index (χ0n) is 11.6. The lowest BCUT2D eigenvalue weighted by Crippen LogP contribution is -2.52. The van der Waals surface area contributed by atoms with Crippen molar-refractivity contribution < 1.29 is 19.0 Å². The summed E-state index contributed by atoms with van der Waals surface area (Å²) in [5.41, 5.74) is 1.10. The van der Waals surface area contributed by atoms with Gasteiger partial charge in [0.05, 0.1) is 7.11 Å². The van der Waals surface area contributed by atoms with E-state index in [1.54, 1.807) is 7.11 Å². The Morgan fingerprint density at radius 2 is 2.11 bits per heavy atom. The highest BCUT2D eigenvalue weighted by molar-refractivity contribution is 5.90. The van der Waals surface area contributed by atoms with Crippen LogP contribution in [-0.2, 0) is 9.53 Å². The minimum absolute atomic E-state index is 0.115. The maximum atomic E-state index is 11.5. The standard InChI is InChI=1S/C15H20O4/c1-4-7-18-15-11(16)9-14(15)19-12-6-5-10(2)8-13(12)17-3/h5-6,8,14-15H,4,7,9H2,1-3H3.